The van der Waals surface area contributed by atoms with Crippen LogP contribution in [0.3, 0.4) is 0 Å². The zero-order chi connectivity index (χ0) is 14.9. The number of hydrogen-bond donors (Lipinski definition) is 1. The standard InChI is InChI=1S/C13H6BrF4NO/c14-7-4-10(17)11(5-9(7)16)19-13(20)6-2-1-3-8(15)12(6)18/h1-5H,(H,19,20). The first-order chi connectivity index (χ1) is 9.40. The zero-order valence-corrected chi connectivity index (χ0v) is 11.3. The molecule has 0 unspecified atom stereocenters. The van der Waals surface area contributed by atoms with Gasteiger partial charge >= 0.3 is 0 Å². The van der Waals surface area contributed by atoms with Gasteiger partial charge < -0.3 is 5.32 Å². The third kappa shape index (κ3) is 2.82. The number of amides is 1. The van der Waals surface area contributed by atoms with Gasteiger partial charge in [0.1, 0.15) is 11.6 Å². The second-order valence-corrected chi connectivity index (χ2v) is 4.66. The van der Waals surface area contributed by atoms with Crippen molar-refractivity contribution in [3.63, 3.8) is 0 Å². The van der Waals surface area contributed by atoms with Crippen molar-refractivity contribution in [2.45, 2.75) is 0 Å². The van der Waals surface area contributed by atoms with E-state index >= 15 is 0 Å². The molecule has 0 atom stereocenters. The van der Waals surface area contributed by atoms with Crippen LogP contribution in [-0.4, -0.2) is 5.91 Å². The summed E-state index contributed by atoms with van der Waals surface area (Å²) in [5, 5.41) is 1.98. The monoisotopic (exact) mass is 347 g/mol. The van der Waals surface area contributed by atoms with Crippen molar-refractivity contribution >= 4 is 27.5 Å². The fourth-order valence-corrected chi connectivity index (χ4v) is 1.80. The maximum Gasteiger partial charge on any atom is 0.258 e. The molecule has 20 heavy (non-hydrogen) atoms. The van der Waals surface area contributed by atoms with E-state index in [0.717, 1.165) is 30.3 Å². The van der Waals surface area contributed by atoms with Crippen LogP contribution in [0.15, 0.2) is 34.8 Å². The molecule has 0 saturated carbocycles. The van der Waals surface area contributed by atoms with Gasteiger partial charge in [-0.3, -0.25) is 4.79 Å². The summed E-state index contributed by atoms with van der Waals surface area (Å²) >= 11 is 2.78. The summed E-state index contributed by atoms with van der Waals surface area (Å²) in [5.41, 5.74) is -1.08. The Hall–Kier alpha value is -1.89. The molecule has 0 aromatic heterocycles. The Morgan fingerprint density at radius 2 is 1.70 bits per heavy atom. The molecule has 0 radical (unpaired) electrons. The molecule has 2 aromatic rings. The first-order valence-corrected chi connectivity index (χ1v) is 6.09. The molecule has 0 saturated heterocycles. The third-order valence-corrected chi connectivity index (χ3v) is 3.06. The van der Waals surface area contributed by atoms with E-state index in [1.807, 2.05) is 5.32 Å². The van der Waals surface area contributed by atoms with Crippen molar-refractivity contribution in [3.8, 4) is 0 Å². The van der Waals surface area contributed by atoms with E-state index in [0.29, 0.717) is 0 Å². The number of carbonyl (C=O) groups excluding carboxylic acids is 1. The highest BCUT2D eigenvalue weighted by atomic mass is 79.9. The molecule has 0 heterocycles. The Bertz CT molecular complexity index is 690. The van der Waals surface area contributed by atoms with Gasteiger partial charge in [0.05, 0.1) is 15.7 Å². The Morgan fingerprint density at radius 1 is 1.00 bits per heavy atom. The van der Waals surface area contributed by atoms with Gasteiger partial charge in [-0.25, -0.2) is 17.6 Å². The van der Waals surface area contributed by atoms with Crippen molar-refractivity contribution < 1.29 is 22.4 Å². The molecule has 2 aromatic carbocycles. The topological polar surface area (TPSA) is 29.1 Å². The number of benzene rings is 2. The Kier molecular flexibility index (Phi) is 4.08. The molecule has 7 heteroatoms. The summed E-state index contributed by atoms with van der Waals surface area (Å²) in [6.07, 6.45) is 0. The molecule has 0 spiro atoms. The lowest BCUT2D eigenvalue weighted by Crippen LogP contribution is -2.15. The van der Waals surface area contributed by atoms with Gasteiger partial charge in [0.2, 0.25) is 0 Å². The van der Waals surface area contributed by atoms with E-state index in [1.165, 1.54) is 0 Å². The number of carbonyl (C=O) groups is 1. The molecule has 2 rings (SSSR count). The summed E-state index contributed by atoms with van der Waals surface area (Å²) in [7, 11) is 0. The van der Waals surface area contributed by atoms with E-state index < -0.39 is 40.4 Å². The second kappa shape index (κ2) is 5.62. The second-order valence-electron chi connectivity index (χ2n) is 3.80. The minimum Gasteiger partial charge on any atom is -0.319 e. The highest BCUT2D eigenvalue weighted by Crippen LogP contribution is 2.24. The van der Waals surface area contributed by atoms with Gasteiger partial charge in [0.15, 0.2) is 11.6 Å². The Morgan fingerprint density at radius 3 is 2.40 bits per heavy atom. The quantitative estimate of drug-likeness (QED) is 0.638. The average Bonchev–Trinajstić information content (AvgIpc) is 2.39. The molecule has 0 fully saturated rings. The third-order valence-electron chi connectivity index (χ3n) is 2.45. The minimum absolute atomic E-state index is 0.120. The minimum atomic E-state index is -1.36. The van der Waals surface area contributed by atoms with Gasteiger partial charge in [0.25, 0.3) is 5.91 Å². The average molecular weight is 348 g/mol. The van der Waals surface area contributed by atoms with Gasteiger partial charge in [-0.1, -0.05) is 6.07 Å². The molecular weight excluding hydrogens is 342 g/mol. The zero-order valence-electron chi connectivity index (χ0n) is 9.68. The van der Waals surface area contributed by atoms with Crippen molar-refractivity contribution in [2.75, 3.05) is 5.32 Å². The molecule has 104 valence electrons. The lowest BCUT2D eigenvalue weighted by atomic mass is 10.2. The maximum absolute atomic E-state index is 13.5. The number of nitrogens with one attached hydrogen (secondary N) is 1. The predicted octanol–water partition coefficient (Wildman–Crippen LogP) is 4.26. The fourth-order valence-electron chi connectivity index (χ4n) is 1.49. The molecule has 0 bridgehead atoms. The molecule has 0 aliphatic rings. The molecule has 1 amide bonds. The smallest absolute Gasteiger partial charge is 0.258 e. The predicted molar refractivity (Wildman–Crippen MR) is 68.4 cm³/mol. The van der Waals surface area contributed by atoms with Crippen molar-refractivity contribution in [2.24, 2.45) is 0 Å². The van der Waals surface area contributed by atoms with E-state index in [-0.39, 0.29) is 4.47 Å². The van der Waals surface area contributed by atoms with Crippen LogP contribution in [0.5, 0.6) is 0 Å². The van der Waals surface area contributed by atoms with Crippen LogP contribution in [0.2, 0.25) is 0 Å². The highest BCUT2D eigenvalue weighted by molar-refractivity contribution is 9.10. The summed E-state index contributed by atoms with van der Waals surface area (Å²) in [4.78, 5) is 11.7. The summed E-state index contributed by atoms with van der Waals surface area (Å²) in [5.74, 6) is -5.37. The lowest BCUT2D eigenvalue weighted by Gasteiger charge is -2.08. The van der Waals surface area contributed by atoms with E-state index in [1.54, 1.807) is 0 Å². The summed E-state index contributed by atoms with van der Waals surface area (Å²) in [6, 6.07) is 4.54. The van der Waals surface area contributed by atoms with E-state index in [9.17, 15) is 22.4 Å². The molecule has 2 nitrogen and oxygen atoms in total. The normalized spacial score (nSPS) is 10.4. The molecule has 0 aliphatic carbocycles. The van der Waals surface area contributed by atoms with Gasteiger partial charge in [0, 0.05) is 6.07 Å². The fraction of sp³-hybridized carbons (Fsp3) is 0. The van der Waals surface area contributed by atoms with Crippen LogP contribution in [0.25, 0.3) is 0 Å². The van der Waals surface area contributed by atoms with E-state index in [2.05, 4.69) is 15.9 Å². The first kappa shape index (κ1) is 14.5. The van der Waals surface area contributed by atoms with E-state index in [4.69, 9.17) is 0 Å². The van der Waals surface area contributed by atoms with Crippen LogP contribution in [-0.2, 0) is 0 Å². The summed E-state index contributed by atoms with van der Waals surface area (Å²) < 4.78 is 53.0. The van der Waals surface area contributed by atoms with Gasteiger partial charge in [-0.2, -0.15) is 0 Å². The van der Waals surface area contributed by atoms with Crippen LogP contribution in [0, 0.1) is 23.3 Å². The number of anilines is 1. The van der Waals surface area contributed by atoms with Gasteiger partial charge in [-0.05, 0) is 34.1 Å². The summed E-state index contributed by atoms with van der Waals surface area (Å²) in [6.45, 7) is 0. The van der Waals surface area contributed by atoms with Crippen LogP contribution < -0.4 is 5.32 Å². The number of halogens is 5. The molecular formula is C13H6BrF4NO. The van der Waals surface area contributed by atoms with Crippen LogP contribution >= 0.6 is 15.9 Å². The molecule has 1 N–H and O–H groups in total. The van der Waals surface area contributed by atoms with Crippen molar-refractivity contribution in [3.05, 3.63) is 63.6 Å². The number of rotatable bonds is 2. The number of hydrogen-bond acceptors (Lipinski definition) is 1. The SMILES string of the molecule is O=C(Nc1cc(F)c(Br)cc1F)c1cccc(F)c1F. The largest absolute Gasteiger partial charge is 0.319 e. The van der Waals surface area contributed by atoms with Gasteiger partial charge in [-0.15, -0.1) is 0 Å². The van der Waals surface area contributed by atoms with Crippen LogP contribution in [0.4, 0.5) is 23.2 Å². The Labute approximate surface area is 119 Å². The van der Waals surface area contributed by atoms with Crippen LogP contribution in [0.1, 0.15) is 10.4 Å². The first-order valence-electron chi connectivity index (χ1n) is 5.30. The lowest BCUT2D eigenvalue weighted by molar-refractivity contribution is 0.102. The van der Waals surface area contributed by atoms with Crippen molar-refractivity contribution in [1.29, 1.82) is 0 Å². The maximum atomic E-state index is 13.5. The highest BCUT2D eigenvalue weighted by Gasteiger charge is 2.17. The van der Waals surface area contributed by atoms with Crippen molar-refractivity contribution in [1.82, 2.24) is 0 Å². The molecule has 0 aliphatic heterocycles. The Balaban J connectivity index is 2.33.